The van der Waals surface area contributed by atoms with Gasteiger partial charge in [0.25, 0.3) is 0 Å². The zero-order chi connectivity index (χ0) is 22.0. The molecule has 0 spiro atoms. The van der Waals surface area contributed by atoms with Crippen LogP contribution < -0.4 is 4.90 Å². The molecule has 0 radical (unpaired) electrons. The summed E-state index contributed by atoms with van der Waals surface area (Å²) < 4.78 is 33.6. The normalized spacial score (nSPS) is 16.2. The van der Waals surface area contributed by atoms with Gasteiger partial charge in [0.05, 0.1) is 18.0 Å². The molecular formula is C22H25F2N5O2. The molecule has 9 heteroatoms. The fourth-order valence-corrected chi connectivity index (χ4v) is 3.69. The molecule has 3 heterocycles. The Morgan fingerprint density at radius 1 is 1.10 bits per heavy atom. The zero-order valence-corrected chi connectivity index (χ0v) is 17.6. The molecular weight excluding hydrogens is 404 g/mol. The van der Waals surface area contributed by atoms with Gasteiger partial charge in [-0.15, -0.1) is 0 Å². The first-order chi connectivity index (χ1) is 15.0. The van der Waals surface area contributed by atoms with Crippen LogP contribution in [0.2, 0.25) is 0 Å². The first-order valence-corrected chi connectivity index (χ1v) is 10.4. The molecule has 1 atom stereocenters. The molecule has 0 bridgehead atoms. The molecule has 1 unspecified atom stereocenters. The predicted molar refractivity (Wildman–Crippen MR) is 113 cm³/mol. The minimum atomic E-state index is -0.734. The third kappa shape index (κ3) is 4.62. The van der Waals surface area contributed by atoms with E-state index in [9.17, 15) is 13.9 Å². The van der Waals surface area contributed by atoms with Crippen LogP contribution >= 0.6 is 0 Å². The highest BCUT2D eigenvalue weighted by Crippen LogP contribution is 2.30. The molecule has 1 fully saturated rings. The summed E-state index contributed by atoms with van der Waals surface area (Å²) in [5.41, 5.74) is 2.45. The molecule has 1 saturated heterocycles. The number of aryl methyl sites for hydroxylation is 2. The number of fused-ring (bicyclic) bond motifs is 1. The van der Waals surface area contributed by atoms with Crippen LogP contribution in [0.4, 0.5) is 14.7 Å². The number of aliphatic hydroxyl groups is 1. The molecule has 0 saturated carbocycles. The lowest BCUT2D eigenvalue weighted by molar-refractivity contribution is 0.184. The lowest BCUT2D eigenvalue weighted by Gasteiger charge is -2.24. The first-order valence-electron chi connectivity index (χ1n) is 10.4. The van der Waals surface area contributed by atoms with E-state index in [1.807, 2.05) is 18.7 Å². The number of halogens is 2. The Morgan fingerprint density at radius 3 is 2.61 bits per heavy atom. The fraction of sp³-hybridized carbons (Fsp3) is 0.455. The molecule has 1 N–H and O–H groups in total. The number of nitrogens with zero attached hydrogens (tertiary/aromatic N) is 5. The number of benzene rings is 1. The van der Waals surface area contributed by atoms with E-state index in [0.29, 0.717) is 47.5 Å². The highest BCUT2D eigenvalue weighted by atomic mass is 19.1. The lowest BCUT2D eigenvalue weighted by Crippen LogP contribution is -2.31. The summed E-state index contributed by atoms with van der Waals surface area (Å²) in [5, 5.41) is 9.59. The third-order valence-electron chi connectivity index (χ3n) is 5.60. The molecule has 1 aromatic carbocycles. The van der Waals surface area contributed by atoms with Crippen molar-refractivity contribution in [3.63, 3.8) is 0 Å². The second-order valence-electron chi connectivity index (χ2n) is 7.79. The summed E-state index contributed by atoms with van der Waals surface area (Å²) in [6.07, 6.45) is 1.86. The highest BCUT2D eigenvalue weighted by molar-refractivity contribution is 5.88. The van der Waals surface area contributed by atoms with Crippen LogP contribution in [0.15, 0.2) is 18.2 Å². The predicted octanol–water partition coefficient (Wildman–Crippen LogP) is 3.21. The Bertz CT molecular complexity index is 1090. The molecule has 7 nitrogen and oxygen atoms in total. The van der Waals surface area contributed by atoms with Gasteiger partial charge in [-0.05, 0) is 44.7 Å². The van der Waals surface area contributed by atoms with Crippen molar-refractivity contribution in [3.05, 3.63) is 41.2 Å². The average Bonchev–Trinajstić information content (AvgIpc) is 3.25. The van der Waals surface area contributed by atoms with Gasteiger partial charge < -0.3 is 14.7 Å². The number of hydrogen-bond donors (Lipinski definition) is 1. The summed E-state index contributed by atoms with van der Waals surface area (Å²) in [4.78, 5) is 20.1. The van der Waals surface area contributed by atoms with Crippen molar-refractivity contribution < 1.29 is 18.6 Å². The van der Waals surface area contributed by atoms with Crippen molar-refractivity contribution >= 4 is 17.1 Å². The first kappa shape index (κ1) is 21.5. The van der Waals surface area contributed by atoms with E-state index in [0.717, 1.165) is 32.1 Å². The quantitative estimate of drug-likeness (QED) is 0.617. The van der Waals surface area contributed by atoms with Crippen molar-refractivity contribution in [2.45, 2.75) is 26.7 Å². The van der Waals surface area contributed by atoms with E-state index in [1.54, 1.807) is 0 Å². The number of hydrogen-bond acceptors (Lipinski definition) is 7. The van der Waals surface area contributed by atoms with E-state index in [-0.39, 0.29) is 17.9 Å². The molecule has 164 valence electrons. The van der Waals surface area contributed by atoms with E-state index in [1.165, 1.54) is 12.1 Å². The molecule has 4 rings (SSSR count). The molecule has 1 aliphatic rings. The standard InChI is InChI=1S/C22H25F2N5O2/c1-13-14(2)26-21-20(25-13)19(17-4-3-16(23)11-18(17)24)27-22(28-21)29(8-9-30)7-5-15-6-10-31-12-15/h3-4,11,15,30H,5-10,12H2,1-2H3. The van der Waals surface area contributed by atoms with Gasteiger partial charge in [0.15, 0.2) is 5.65 Å². The van der Waals surface area contributed by atoms with Crippen molar-refractivity contribution in [1.82, 2.24) is 19.9 Å². The Labute approximate surface area is 179 Å². The maximum Gasteiger partial charge on any atom is 0.228 e. The number of anilines is 1. The van der Waals surface area contributed by atoms with Gasteiger partial charge in [-0.25, -0.2) is 23.7 Å². The summed E-state index contributed by atoms with van der Waals surface area (Å²) >= 11 is 0. The molecule has 31 heavy (non-hydrogen) atoms. The Kier molecular flexibility index (Phi) is 6.33. The molecule has 0 amide bonds. The maximum absolute atomic E-state index is 14.7. The van der Waals surface area contributed by atoms with Crippen LogP contribution in [0.25, 0.3) is 22.4 Å². The number of rotatable bonds is 7. The summed E-state index contributed by atoms with van der Waals surface area (Å²) in [7, 11) is 0. The Balaban J connectivity index is 1.81. The summed E-state index contributed by atoms with van der Waals surface area (Å²) in [5.74, 6) is -0.626. The lowest BCUT2D eigenvalue weighted by atomic mass is 10.1. The van der Waals surface area contributed by atoms with Gasteiger partial charge in [-0.2, -0.15) is 4.98 Å². The van der Waals surface area contributed by atoms with Gasteiger partial charge >= 0.3 is 0 Å². The van der Waals surface area contributed by atoms with Crippen LogP contribution in [-0.4, -0.2) is 58.0 Å². The van der Waals surface area contributed by atoms with Crippen LogP contribution in [0.1, 0.15) is 24.2 Å². The van der Waals surface area contributed by atoms with Gasteiger partial charge in [-0.3, -0.25) is 0 Å². The van der Waals surface area contributed by atoms with E-state index in [2.05, 4.69) is 19.9 Å². The van der Waals surface area contributed by atoms with Crippen molar-refractivity contribution in [2.24, 2.45) is 5.92 Å². The van der Waals surface area contributed by atoms with Gasteiger partial charge in [-0.1, -0.05) is 0 Å². The van der Waals surface area contributed by atoms with Crippen LogP contribution in [0.5, 0.6) is 0 Å². The van der Waals surface area contributed by atoms with Gasteiger partial charge in [0.2, 0.25) is 5.95 Å². The topological polar surface area (TPSA) is 84.3 Å². The van der Waals surface area contributed by atoms with E-state index >= 15 is 0 Å². The second-order valence-corrected chi connectivity index (χ2v) is 7.79. The largest absolute Gasteiger partial charge is 0.395 e. The Morgan fingerprint density at radius 2 is 1.90 bits per heavy atom. The van der Waals surface area contributed by atoms with Crippen molar-refractivity contribution in [1.29, 1.82) is 0 Å². The van der Waals surface area contributed by atoms with Gasteiger partial charge in [0.1, 0.15) is 22.8 Å². The van der Waals surface area contributed by atoms with E-state index < -0.39 is 11.6 Å². The zero-order valence-electron chi connectivity index (χ0n) is 17.6. The number of ether oxygens (including phenoxy) is 1. The van der Waals surface area contributed by atoms with Gasteiger partial charge in [0, 0.05) is 37.9 Å². The molecule has 3 aromatic rings. The Hall–Kier alpha value is -2.78. The smallest absolute Gasteiger partial charge is 0.228 e. The minimum absolute atomic E-state index is 0.0819. The highest BCUT2D eigenvalue weighted by Gasteiger charge is 2.22. The fourth-order valence-electron chi connectivity index (χ4n) is 3.69. The molecule has 2 aromatic heterocycles. The average molecular weight is 429 g/mol. The third-order valence-corrected chi connectivity index (χ3v) is 5.60. The minimum Gasteiger partial charge on any atom is -0.395 e. The second kappa shape index (κ2) is 9.15. The van der Waals surface area contributed by atoms with Crippen molar-refractivity contribution in [3.8, 4) is 11.3 Å². The number of aromatic nitrogens is 4. The maximum atomic E-state index is 14.7. The summed E-state index contributed by atoms with van der Waals surface area (Å²) in [6, 6.07) is 3.36. The summed E-state index contributed by atoms with van der Waals surface area (Å²) in [6.45, 7) is 5.98. The van der Waals surface area contributed by atoms with Crippen LogP contribution in [0.3, 0.4) is 0 Å². The SMILES string of the molecule is Cc1nc2nc(N(CCO)CCC3CCOC3)nc(-c3ccc(F)cc3F)c2nc1C. The molecule has 1 aliphatic heterocycles. The monoisotopic (exact) mass is 429 g/mol. The van der Waals surface area contributed by atoms with Crippen LogP contribution in [-0.2, 0) is 4.74 Å². The van der Waals surface area contributed by atoms with E-state index in [4.69, 9.17) is 4.74 Å². The molecule has 0 aliphatic carbocycles. The van der Waals surface area contributed by atoms with Crippen molar-refractivity contribution in [2.75, 3.05) is 37.8 Å². The number of aliphatic hydroxyl groups excluding tert-OH is 1. The van der Waals surface area contributed by atoms with Crippen LogP contribution in [0, 0.1) is 31.4 Å².